The zero-order valence-corrected chi connectivity index (χ0v) is 11.5. The molecule has 3 heteroatoms. The lowest BCUT2D eigenvalue weighted by molar-refractivity contribution is 0.567. The highest BCUT2D eigenvalue weighted by molar-refractivity contribution is 9.15. The molecule has 0 amide bonds. The molecule has 0 unspecified atom stereocenters. The molecular weight excluding hydrogens is 258 g/mol. The van der Waals surface area contributed by atoms with E-state index >= 15 is 0 Å². The zero-order chi connectivity index (χ0) is 10.7. The second-order valence-electron chi connectivity index (χ2n) is 3.52. The monoisotopic (exact) mass is 273 g/mol. The quantitative estimate of drug-likeness (QED) is 0.808. The number of rotatable bonds is 3. The Kier molecular flexibility index (Phi) is 4.20. The first kappa shape index (κ1) is 11.8. The van der Waals surface area contributed by atoms with Gasteiger partial charge in [-0.3, -0.25) is 0 Å². The van der Waals surface area contributed by atoms with E-state index in [9.17, 15) is 0 Å². The van der Waals surface area contributed by atoms with E-state index in [0.717, 1.165) is 6.42 Å². The average Bonchev–Trinajstić information content (AvgIpc) is 2.45. The Morgan fingerprint density at radius 3 is 2.64 bits per heavy atom. The van der Waals surface area contributed by atoms with Crippen LogP contribution in [0.4, 0.5) is 0 Å². The van der Waals surface area contributed by atoms with Crippen molar-refractivity contribution in [2.45, 2.75) is 20.3 Å². The van der Waals surface area contributed by atoms with Gasteiger partial charge in [0.15, 0.2) is 0 Å². The van der Waals surface area contributed by atoms with Crippen LogP contribution in [0.1, 0.15) is 22.2 Å². The highest BCUT2D eigenvalue weighted by atomic mass is 79.9. The first-order chi connectivity index (χ1) is 6.54. The Labute approximate surface area is 98.6 Å². The van der Waals surface area contributed by atoms with Gasteiger partial charge in [0.1, 0.15) is 0 Å². The molecule has 0 fully saturated rings. The van der Waals surface area contributed by atoms with Crippen LogP contribution in [0.2, 0.25) is 0 Å². The summed E-state index contributed by atoms with van der Waals surface area (Å²) in [5.41, 5.74) is 1.36. The fraction of sp³-hybridized carbons (Fsp3) is 0.455. The summed E-state index contributed by atoms with van der Waals surface area (Å²) in [7, 11) is 4.07. The van der Waals surface area contributed by atoms with Gasteiger partial charge < -0.3 is 4.90 Å². The summed E-state index contributed by atoms with van der Waals surface area (Å²) in [4.78, 5) is 4.84. The lowest BCUT2D eigenvalue weighted by atomic mass is 10.2. The van der Waals surface area contributed by atoms with Crippen LogP contribution in [-0.4, -0.2) is 19.0 Å². The molecule has 0 aliphatic carbocycles. The van der Waals surface area contributed by atoms with E-state index in [0.29, 0.717) is 0 Å². The van der Waals surface area contributed by atoms with Crippen LogP contribution in [0.25, 0.3) is 4.48 Å². The van der Waals surface area contributed by atoms with Crippen molar-refractivity contribution in [1.82, 2.24) is 4.90 Å². The Morgan fingerprint density at radius 2 is 2.21 bits per heavy atom. The fourth-order valence-electron chi connectivity index (χ4n) is 1.24. The predicted octanol–water partition coefficient (Wildman–Crippen LogP) is 3.87. The lowest BCUT2D eigenvalue weighted by Crippen LogP contribution is -2.00. The molecule has 0 aliphatic rings. The molecule has 78 valence electrons. The summed E-state index contributed by atoms with van der Waals surface area (Å²) >= 11 is 5.48. The Morgan fingerprint density at radius 1 is 1.57 bits per heavy atom. The highest BCUT2D eigenvalue weighted by Gasteiger charge is 2.07. The molecule has 1 aromatic heterocycles. The standard InChI is InChI=1S/C11H16BrNS/c1-5-9-6-8(2)11(14-9)10(12)7-13(3)4/h6-7H,5H2,1-4H3/b10-7+. The molecular formula is C11H16BrNS. The SMILES string of the molecule is CCc1cc(C)c(/C(Br)=C\N(C)C)s1. The topological polar surface area (TPSA) is 3.24 Å². The number of hydrogen-bond acceptors (Lipinski definition) is 2. The molecule has 0 saturated carbocycles. The summed E-state index contributed by atoms with van der Waals surface area (Å²) in [6, 6.07) is 2.27. The van der Waals surface area contributed by atoms with Crippen molar-refractivity contribution in [3.8, 4) is 0 Å². The molecule has 1 rings (SSSR count). The molecule has 0 bridgehead atoms. The van der Waals surface area contributed by atoms with Crippen molar-refractivity contribution >= 4 is 31.7 Å². The highest BCUT2D eigenvalue weighted by Crippen LogP contribution is 2.32. The molecule has 0 saturated heterocycles. The summed E-state index contributed by atoms with van der Waals surface area (Å²) in [6.07, 6.45) is 3.21. The normalized spacial score (nSPS) is 11.9. The van der Waals surface area contributed by atoms with Crippen LogP contribution in [-0.2, 0) is 6.42 Å². The van der Waals surface area contributed by atoms with E-state index in [1.165, 1.54) is 19.8 Å². The summed E-state index contributed by atoms with van der Waals surface area (Å²) in [5.74, 6) is 0. The minimum absolute atomic E-state index is 1.12. The maximum absolute atomic E-state index is 3.61. The van der Waals surface area contributed by atoms with Crippen molar-refractivity contribution < 1.29 is 0 Å². The zero-order valence-electron chi connectivity index (χ0n) is 9.10. The van der Waals surface area contributed by atoms with Crippen molar-refractivity contribution in [2.75, 3.05) is 14.1 Å². The Bertz CT molecular complexity index is 339. The number of halogens is 1. The number of nitrogens with zero attached hydrogens (tertiary/aromatic N) is 1. The summed E-state index contributed by atoms with van der Waals surface area (Å²) in [5, 5.41) is 0. The van der Waals surface area contributed by atoms with E-state index in [4.69, 9.17) is 0 Å². The molecule has 14 heavy (non-hydrogen) atoms. The maximum atomic E-state index is 3.61. The summed E-state index contributed by atoms with van der Waals surface area (Å²) < 4.78 is 1.17. The van der Waals surface area contributed by atoms with Gasteiger partial charge in [-0.2, -0.15) is 0 Å². The van der Waals surface area contributed by atoms with Crippen molar-refractivity contribution in [2.24, 2.45) is 0 Å². The van der Waals surface area contributed by atoms with E-state index < -0.39 is 0 Å². The van der Waals surface area contributed by atoms with Crippen LogP contribution in [0, 0.1) is 6.92 Å². The number of hydrogen-bond donors (Lipinski definition) is 0. The largest absolute Gasteiger partial charge is 0.383 e. The average molecular weight is 274 g/mol. The first-order valence-corrected chi connectivity index (χ1v) is 6.29. The molecule has 1 nitrogen and oxygen atoms in total. The fourth-order valence-corrected chi connectivity index (χ4v) is 3.22. The third-order valence-corrected chi connectivity index (χ3v) is 4.18. The minimum Gasteiger partial charge on any atom is -0.383 e. The molecule has 0 spiro atoms. The van der Waals surface area contributed by atoms with Gasteiger partial charge in [0.05, 0.1) is 4.48 Å². The van der Waals surface area contributed by atoms with E-state index in [1.54, 1.807) is 0 Å². The van der Waals surface area contributed by atoms with Crippen LogP contribution in [0.5, 0.6) is 0 Å². The van der Waals surface area contributed by atoms with Gasteiger partial charge in [-0.25, -0.2) is 0 Å². The third-order valence-electron chi connectivity index (χ3n) is 1.91. The van der Waals surface area contributed by atoms with Gasteiger partial charge in [-0.1, -0.05) is 6.92 Å². The molecule has 0 aliphatic heterocycles. The van der Waals surface area contributed by atoms with Gasteiger partial charge >= 0.3 is 0 Å². The number of thiophene rings is 1. The van der Waals surface area contributed by atoms with Gasteiger partial charge in [-0.05, 0) is 40.9 Å². The van der Waals surface area contributed by atoms with Crippen LogP contribution >= 0.6 is 27.3 Å². The molecule has 0 aromatic carbocycles. The van der Waals surface area contributed by atoms with Crippen molar-refractivity contribution in [3.05, 3.63) is 27.6 Å². The van der Waals surface area contributed by atoms with Crippen LogP contribution < -0.4 is 0 Å². The first-order valence-electron chi connectivity index (χ1n) is 4.68. The Balaban J connectivity index is 3.00. The molecule has 0 radical (unpaired) electrons. The van der Waals surface area contributed by atoms with Gasteiger partial charge in [0.25, 0.3) is 0 Å². The van der Waals surface area contributed by atoms with Gasteiger partial charge in [0.2, 0.25) is 0 Å². The van der Waals surface area contributed by atoms with Gasteiger partial charge in [-0.15, -0.1) is 11.3 Å². The van der Waals surface area contributed by atoms with E-state index in [2.05, 4.69) is 46.9 Å². The molecule has 1 aromatic rings. The third kappa shape index (κ3) is 2.85. The predicted molar refractivity (Wildman–Crippen MR) is 69.0 cm³/mol. The maximum Gasteiger partial charge on any atom is 0.0508 e. The molecule has 1 heterocycles. The smallest absolute Gasteiger partial charge is 0.0508 e. The van der Waals surface area contributed by atoms with E-state index in [-0.39, 0.29) is 0 Å². The molecule has 0 atom stereocenters. The lowest BCUT2D eigenvalue weighted by Gasteiger charge is -2.06. The van der Waals surface area contributed by atoms with Gasteiger partial charge in [0, 0.05) is 30.0 Å². The van der Waals surface area contributed by atoms with Crippen molar-refractivity contribution in [1.29, 1.82) is 0 Å². The van der Waals surface area contributed by atoms with E-state index in [1.807, 2.05) is 25.4 Å². The summed E-state index contributed by atoms with van der Waals surface area (Å²) in [6.45, 7) is 4.36. The molecule has 0 N–H and O–H groups in total. The number of aryl methyl sites for hydroxylation is 2. The van der Waals surface area contributed by atoms with Crippen LogP contribution in [0.15, 0.2) is 12.3 Å². The minimum atomic E-state index is 1.12. The second kappa shape index (κ2) is 4.99. The Hall–Kier alpha value is -0.280. The van der Waals surface area contributed by atoms with Crippen molar-refractivity contribution in [3.63, 3.8) is 0 Å². The second-order valence-corrected chi connectivity index (χ2v) is 5.51. The van der Waals surface area contributed by atoms with Crippen LogP contribution in [0.3, 0.4) is 0 Å².